The fourth-order valence-corrected chi connectivity index (χ4v) is 5.05. The number of benzene rings is 1. The van der Waals surface area contributed by atoms with E-state index >= 15 is 0 Å². The van der Waals surface area contributed by atoms with E-state index in [1.54, 1.807) is 4.31 Å². The molecule has 5 heteroatoms. The molecule has 0 unspecified atom stereocenters. The van der Waals surface area contributed by atoms with E-state index in [1.165, 1.54) is 0 Å². The number of unbranched alkanes of at least 4 members (excludes halogenated alkanes) is 4. The SMILES string of the molecule is CCCCCN(CCCCC)S(=O)(=O)Nc1c(C(C)(C)C)cc(C)cc1C(C)(C)C. The van der Waals surface area contributed by atoms with Crippen LogP contribution in [0.15, 0.2) is 12.1 Å². The number of nitrogens with zero attached hydrogens (tertiary/aromatic N) is 1. The Kier molecular flexibility index (Phi) is 9.88. The van der Waals surface area contributed by atoms with Gasteiger partial charge in [-0.15, -0.1) is 0 Å². The van der Waals surface area contributed by atoms with Crippen molar-refractivity contribution in [1.29, 1.82) is 0 Å². The quantitative estimate of drug-likeness (QED) is 0.381. The molecule has 0 aliphatic rings. The molecule has 0 saturated heterocycles. The molecule has 0 aliphatic carbocycles. The van der Waals surface area contributed by atoms with Gasteiger partial charge in [0.1, 0.15) is 0 Å². The molecule has 1 rings (SSSR count). The molecular weight excluding hydrogens is 392 g/mol. The van der Waals surface area contributed by atoms with Crippen molar-refractivity contribution in [1.82, 2.24) is 4.31 Å². The van der Waals surface area contributed by atoms with Gasteiger partial charge in [-0.25, -0.2) is 0 Å². The molecule has 0 aliphatic heterocycles. The lowest BCUT2D eigenvalue weighted by Crippen LogP contribution is -2.38. The highest BCUT2D eigenvalue weighted by Crippen LogP contribution is 2.39. The predicted octanol–water partition coefficient (Wildman–Crippen LogP) is 6.93. The third kappa shape index (κ3) is 7.88. The van der Waals surface area contributed by atoms with Crippen LogP contribution in [0.1, 0.15) is 111 Å². The summed E-state index contributed by atoms with van der Waals surface area (Å²) in [5.41, 5.74) is 3.70. The molecule has 1 aromatic carbocycles. The maximum Gasteiger partial charge on any atom is 0.301 e. The first-order valence-electron chi connectivity index (χ1n) is 11.7. The second kappa shape index (κ2) is 11.0. The number of hydrogen-bond acceptors (Lipinski definition) is 2. The lowest BCUT2D eigenvalue weighted by atomic mass is 9.78. The van der Waals surface area contributed by atoms with Gasteiger partial charge in [-0.05, 0) is 41.7 Å². The largest absolute Gasteiger partial charge is 0.301 e. The van der Waals surface area contributed by atoms with E-state index < -0.39 is 10.2 Å². The van der Waals surface area contributed by atoms with Crippen molar-refractivity contribution in [3.8, 4) is 0 Å². The first-order valence-corrected chi connectivity index (χ1v) is 13.1. The van der Waals surface area contributed by atoms with E-state index in [-0.39, 0.29) is 10.8 Å². The van der Waals surface area contributed by atoms with Gasteiger partial charge in [-0.2, -0.15) is 12.7 Å². The first-order chi connectivity index (χ1) is 13.7. The lowest BCUT2D eigenvalue weighted by molar-refractivity contribution is 0.391. The van der Waals surface area contributed by atoms with Crippen LogP contribution in [0.25, 0.3) is 0 Å². The topological polar surface area (TPSA) is 49.4 Å². The summed E-state index contributed by atoms with van der Waals surface area (Å²) in [5, 5.41) is 0. The summed E-state index contributed by atoms with van der Waals surface area (Å²) in [6.45, 7) is 20.4. The first kappa shape index (κ1) is 27.0. The number of nitrogens with one attached hydrogen (secondary N) is 1. The van der Waals surface area contributed by atoms with Crippen molar-refractivity contribution in [2.45, 2.75) is 112 Å². The number of hydrogen-bond donors (Lipinski definition) is 1. The number of rotatable bonds is 11. The minimum absolute atomic E-state index is 0.168. The highest BCUT2D eigenvalue weighted by atomic mass is 32.2. The second-order valence-electron chi connectivity index (χ2n) is 10.7. The van der Waals surface area contributed by atoms with Crippen LogP contribution in [0, 0.1) is 6.92 Å². The van der Waals surface area contributed by atoms with E-state index in [4.69, 9.17) is 0 Å². The van der Waals surface area contributed by atoms with Crippen molar-refractivity contribution in [3.05, 3.63) is 28.8 Å². The minimum atomic E-state index is -3.63. The molecule has 4 nitrogen and oxygen atoms in total. The van der Waals surface area contributed by atoms with Gasteiger partial charge in [0.15, 0.2) is 0 Å². The molecule has 1 aromatic rings. The Morgan fingerprint density at radius 3 is 1.53 bits per heavy atom. The minimum Gasteiger partial charge on any atom is -0.270 e. The molecule has 0 heterocycles. The van der Waals surface area contributed by atoms with E-state index in [9.17, 15) is 8.42 Å². The van der Waals surface area contributed by atoms with E-state index in [0.29, 0.717) is 13.1 Å². The summed E-state index contributed by atoms with van der Waals surface area (Å²) < 4.78 is 31.8. The van der Waals surface area contributed by atoms with Gasteiger partial charge in [-0.1, -0.05) is 98.8 Å². The van der Waals surface area contributed by atoms with Crippen LogP contribution in [0.3, 0.4) is 0 Å². The van der Waals surface area contributed by atoms with E-state index in [2.05, 4.69) is 79.2 Å². The Labute approximate surface area is 187 Å². The van der Waals surface area contributed by atoms with Gasteiger partial charge in [0, 0.05) is 13.1 Å². The smallest absolute Gasteiger partial charge is 0.270 e. The standard InChI is InChI=1S/C25H46N2O2S/c1-10-12-14-16-27(17-15-13-11-2)30(28,29)26-23-21(24(4,5)6)18-20(3)19-22(23)25(7,8)9/h18-19,26H,10-17H2,1-9H3. The summed E-state index contributed by atoms with van der Waals surface area (Å²) in [7, 11) is -3.63. The fraction of sp³-hybridized carbons (Fsp3) is 0.760. The molecule has 0 amide bonds. The third-order valence-corrected chi connectivity index (χ3v) is 7.00. The Hall–Kier alpha value is -1.07. The summed E-state index contributed by atoms with van der Waals surface area (Å²) in [5.74, 6) is 0. The van der Waals surface area contributed by atoms with Crippen molar-refractivity contribution in [2.75, 3.05) is 17.8 Å². The second-order valence-corrected chi connectivity index (χ2v) is 12.3. The van der Waals surface area contributed by atoms with Crippen LogP contribution in [-0.4, -0.2) is 25.8 Å². The van der Waals surface area contributed by atoms with Gasteiger partial charge >= 0.3 is 10.2 Å². The van der Waals surface area contributed by atoms with Crippen molar-refractivity contribution in [2.24, 2.45) is 0 Å². The normalized spacial score (nSPS) is 13.1. The molecule has 0 radical (unpaired) electrons. The molecular formula is C25H46N2O2S. The van der Waals surface area contributed by atoms with Crippen LogP contribution in [0.2, 0.25) is 0 Å². The molecule has 0 bridgehead atoms. The zero-order valence-corrected chi connectivity index (χ0v) is 21.8. The van der Waals surface area contributed by atoms with E-state index in [0.717, 1.165) is 60.9 Å². The van der Waals surface area contributed by atoms with Gasteiger partial charge < -0.3 is 0 Å². The number of aryl methyl sites for hydroxylation is 1. The molecule has 1 N–H and O–H groups in total. The van der Waals surface area contributed by atoms with Gasteiger partial charge in [0.05, 0.1) is 5.69 Å². The number of anilines is 1. The molecule has 30 heavy (non-hydrogen) atoms. The summed E-state index contributed by atoms with van der Waals surface area (Å²) >= 11 is 0. The van der Waals surface area contributed by atoms with Gasteiger partial charge in [0.2, 0.25) is 0 Å². The molecule has 174 valence electrons. The van der Waals surface area contributed by atoms with Crippen LogP contribution in [0.4, 0.5) is 5.69 Å². The molecule has 0 fully saturated rings. The highest BCUT2D eigenvalue weighted by molar-refractivity contribution is 7.90. The highest BCUT2D eigenvalue weighted by Gasteiger charge is 2.30. The zero-order valence-electron chi connectivity index (χ0n) is 21.0. The van der Waals surface area contributed by atoms with Crippen molar-refractivity contribution >= 4 is 15.9 Å². The van der Waals surface area contributed by atoms with Gasteiger partial charge in [0.25, 0.3) is 0 Å². The van der Waals surface area contributed by atoms with Crippen LogP contribution in [0.5, 0.6) is 0 Å². The summed E-state index contributed by atoms with van der Waals surface area (Å²) in [4.78, 5) is 0. The lowest BCUT2D eigenvalue weighted by Gasteiger charge is -2.32. The Morgan fingerprint density at radius 2 is 1.20 bits per heavy atom. The molecule has 0 atom stereocenters. The maximum absolute atomic E-state index is 13.5. The predicted molar refractivity (Wildman–Crippen MR) is 132 cm³/mol. The third-order valence-electron chi connectivity index (χ3n) is 5.49. The molecule has 0 spiro atoms. The Bertz CT molecular complexity index is 726. The average molecular weight is 439 g/mol. The van der Waals surface area contributed by atoms with Crippen LogP contribution >= 0.6 is 0 Å². The van der Waals surface area contributed by atoms with Gasteiger partial charge in [-0.3, -0.25) is 4.72 Å². The summed E-state index contributed by atoms with van der Waals surface area (Å²) in [6, 6.07) is 4.26. The zero-order chi connectivity index (χ0) is 23.2. The van der Waals surface area contributed by atoms with E-state index in [1.807, 2.05) is 0 Å². The van der Waals surface area contributed by atoms with Crippen LogP contribution in [-0.2, 0) is 21.0 Å². The maximum atomic E-state index is 13.5. The van der Waals surface area contributed by atoms with Crippen molar-refractivity contribution in [3.63, 3.8) is 0 Å². The monoisotopic (exact) mass is 438 g/mol. The Balaban J connectivity index is 3.43. The van der Waals surface area contributed by atoms with Crippen molar-refractivity contribution < 1.29 is 8.42 Å². The Morgan fingerprint density at radius 1 is 0.800 bits per heavy atom. The van der Waals surface area contributed by atoms with Crippen LogP contribution < -0.4 is 4.72 Å². The molecule has 0 saturated carbocycles. The fourth-order valence-electron chi connectivity index (χ4n) is 3.70. The summed E-state index contributed by atoms with van der Waals surface area (Å²) in [6.07, 6.45) is 6.05. The average Bonchev–Trinajstić information content (AvgIpc) is 2.59. The molecule has 0 aromatic heterocycles.